The van der Waals surface area contributed by atoms with Crippen LogP contribution in [0.4, 0.5) is 0 Å². The number of rotatable bonds is 4. The van der Waals surface area contributed by atoms with E-state index in [9.17, 15) is 4.11 Å². The SMILES string of the molecule is [2H]c1c([2H])c([2H])c2c(sc3c([2H])c(-c4nc(-c5ccccc5)nc(-c5cccc6sc7ccccc7c56)n4)c([2H])c([2H])c32)c1-c1ccc2c(c1)oc1ccccc12. The maximum atomic E-state index is 9.67. The number of nitrogens with zero attached hydrogens (tertiary/aromatic N) is 3. The molecular formula is C45H25N3OS2. The largest absolute Gasteiger partial charge is 0.456 e. The van der Waals surface area contributed by atoms with Crippen LogP contribution in [0.5, 0.6) is 0 Å². The van der Waals surface area contributed by atoms with Gasteiger partial charge >= 0.3 is 0 Å². The Morgan fingerprint density at radius 2 is 1.24 bits per heavy atom. The van der Waals surface area contributed by atoms with Crippen LogP contribution in [0.2, 0.25) is 0 Å². The molecule has 6 heteroatoms. The van der Waals surface area contributed by atoms with Crippen LogP contribution in [0.25, 0.3) is 108 Å². The molecule has 0 aliphatic heterocycles. The molecule has 0 saturated heterocycles. The van der Waals surface area contributed by atoms with Crippen LogP contribution < -0.4 is 0 Å². The van der Waals surface area contributed by atoms with Crippen molar-refractivity contribution < 1.29 is 12.6 Å². The molecular weight excluding hydrogens is 663 g/mol. The predicted molar refractivity (Wildman–Crippen MR) is 215 cm³/mol. The maximum absolute atomic E-state index is 9.67. The van der Waals surface area contributed by atoms with Crippen LogP contribution in [0.15, 0.2) is 156 Å². The molecule has 0 aliphatic carbocycles. The van der Waals surface area contributed by atoms with Gasteiger partial charge < -0.3 is 4.42 Å². The minimum Gasteiger partial charge on any atom is -0.456 e. The van der Waals surface area contributed by atoms with Crippen LogP contribution >= 0.6 is 22.7 Å². The number of fused-ring (bicyclic) bond motifs is 9. The Morgan fingerprint density at radius 1 is 0.471 bits per heavy atom. The van der Waals surface area contributed by atoms with Crippen molar-refractivity contribution in [1.82, 2.24) is 15.0 Å². The van der Waals surface area contributed by atoms with E-state index >= 15 is 0 Å². The Labute approximate surface area is 308 Å². The van der Waals surface area contributed by atoms with Crippen LogP contribution in [0, 0.1) is 0 Å². The summed E-state index contributed by atoms with van der Waals surface area (Å²) in [4.78, 5) is 14.8. The van der Waals surface area contributed by atoms with Crippen LogP contribution in [-0.4, -0.2) is 15.0 Å². The number of benzene rings is 7. The molecule has 238 valence electrons. The van der Waals surface area contributed by atoms with Gasteiger partial charge in [0.1, 0.15) is 11.2 Å². The van der Waals surface area contributed by atoms with Crippen molar-refractivity contribution in [2.45, 2.75) is 0 Å². The number of hydrogen-bond acceptors (Lipinski definition) is 6. The van der Waals surface area contributed by atoms with Gasteiger partial charge in [-0.25, -0.2) is 15.0 Å². The monoisotopic (exact) mass is 693 g/mol. The van der Waals surface area contributed by atoms with E-state index in [0.29, 0.717) is 37.8 Å². The van der Waals surface area contributed by atoms with Gasteiger partial charge in [0.15, 0.2) is 17.5 Å². The van der Waals surface area contributed by atoms with Crippen molar-refractivity contribution in [1.29, 1.82) is 0 Å². The summed E-state index contributed by atoms with van der Waals surface area (Å²) >= 11 is 2.86. The van der Waals surface area contributed by atoms with Crippen molar-refractivity contribution in [3.8, 4) is 45.3 Å². The molecule has 0 saturated carbocycles. The first-order chi connectivity index (χ1) is 27.8. The second kappa shape index (κ2) is 11.2. The van der Waals surface area contributed by atoms with E-state index in [1.54, 1.807) is 11.3 Å². The van der Waals surface area contributed by atoms with Gasteiger partial charge in [-0.15, -0.1) is 22.7 Å². The van der Waals surface area contributed by atoms with E-state index < -0.39 is 0 Å². The van der Waals surface area contributed by atoms with Gasteiger partial charge in [0.2, 0.25) is 0 Å². The first kappa shape index (κ1) is 23.2. The first-order valence-corrected chi connectivity index (χ1v) is 18.0. The molecule has 0 aliphatic rings. The highest BCUT2D eigenvalue weighted by molar-refractivity contribution is 7.26. The van der Waals surface area contributed by atoms with E-state index in [1.807, 2.05) is 97.1 Å². The molecule has 51 heavy (non-hydrogen) atoms. The highest BCUT2D eigenvalue weighted by Gasteiger charge is 2.18. The zero-order chi connectivity index (χ0) is 38.7. The molecule has 4 aromatic heterocycles. The quantitative estimate of drug-likeness (QED) is 0.184. The summed E-state index contributed by atoms with van der Waals surface area (Å²) in [6, 6.07) is 35.9. The molecule has 11 rings (SSSR count). The Kier molecular flexibility index (Phi) is 5.08. The summed E-state index contributed by atoms with van der Waals surface area (Å²) < 4.78 is 64.7. The fraction of sp³-hybridized carbons (Fsp3) is 0. The lowest BCUT2D eigenvalue weighted by Crippen LogP contribution is -2.00. The summed E-state index contributed by atoms with van der Waals surface area (Å²) in [5, 5.41) is 4.45. The van der Waals surface area contributed by atoms with Crippen LogP contribution in [-0.2, 0) is 0 Å². The fourth-order valence-corrected chi connectivity index (χ4v) is 9.17. The molecule has 0 spiro atoms. The topological polar surface area (TPSA) is 51.8 Å². The number of hydrogen-bond donors (Lipinski definition) is 0. The van der Waals surface area contributed by atoms with Gasteiger partial charge in [-0.05, 0) is 47.5 Å². The predicted octanol–water partition coefficient (Wildman–Crippen LogP) is 13.2. The Balaban J connectivity index is 1.18. The highest BCUT2D eigenvalue weighted by Crippen LogP contribution is 2.43. The standard InChI is InChI=1S/C45H25N3OS2/c1-2-10-26(11-3-1)43-46-44(48-45(47-43)35-16-9-19-39-41(35)34-13-5-7-18-38(34)50-39)28-21-23-32-33-15-8-14-29(42(33)51-40(32)25-28)27-20-22-31-30-12-4-6-17-36(30)49-37(31)24-27/h1-25H/i8D,14D,15D,21D,23D,25D. The molecule has 11 aromatic rings. The van der Waals surface area contributed by atoms with Gasteiger partial charge in [0, 0.05) is 67.8 Å². The van der Waals surface area contributed by atoms with E-state index in [1.165, 1.54) is 11.3 Å². The average Bonchev–Trinajstić information content (AvgIpc) is 3.94. The van der Waals surface area contributed by atoms with Gasteiger partial charge in [-0.1, -0.05) is 115 Å². The lowest BCUT2D eigenvalue weighted by atomic mass is 10.0. The average molecular weight is 694 g/mol. The second-order valence-corrected chi connectivity index (χ2v) is 14.4. The van der Waals surface area contributed by atoms with E-state index in [4.69, 9.17) is 23.5 Å². The Hall–Kier alpha value is -6.21. The molecule has 0 bridgehead atoms. The molecule has 0 fully saturated rings. The minimum atomic E-state index is -0.298. The third-order valence-corrected chi connectivity index (χ3v) is 11.5. The van der Waals surface area contributed by atoms with Crippen molar-refractivity contribution in [2.24, 2.45) is 0 Å². The van der Waals surface area contributed by atoms with E-state index in [0.717, 1.165) is 47.7 Å². The third kappa shape index (κ3) is 4.54. The summed E-state index contributed by atoms with van der Waals surface area (Å²) in [6.45, 7) is 0. The molecule has 0 amide bonds. The fourth-order valence-electron chi connectivity index (χ4n) is 6.90. The second-order valence-electron chi connectivity index (χ2n) is 12.3. The molecule has 0 N–H and O–H groups in total. The lowest BCUT2D eigenvalue weighted by molar-refractivity contribution is 0.669. The summed E-state index contributed by atoms with van der Waals surface area (Å²) in [7, 11) is 0. The van der Waals surface area contributed by atoms with Crippen LogP contribution in [0.3, 0.4) is 0 Å². The van der Waals surface area contributed by atoms with Crippen molar-refractivity contribution in [2.75, 3.05) is 0 Å². The molecule has 7 aromatic carbocycles. The minimum absolute atomic E-state index is 0.0659. The molecule has 4 nitrogen and oxygen atoms in total. The summed E-state index contributed by atoms with van der Waals surface area (Å²) in [5.74, 6) is 0.828. The zero-order valence-electron chi connectivity index (χ0n) is 32.5. The molecule has 0 unspecified atom stereocenters. The summed E-state index contributed by atoms with van der Waals surface area (Å²) in [6.07, 6.45) is 0. The van der Waals surface area contributed by atoms with Crippen molar-refractivity contribution in [3.63, 3.8) is 0 Å². The number of aromatic nitrogens is 3. The Bertz CT molecular complexity index is 3510. The smallest absolute Gasteiger partial charge is 0.164 e. The number of thiophene rings is 2. The summed E-state index contributed by atoms with van der Waals surface area (Å²) in [5.41, 5.74) is 3.96. The first-order valence-electron chi connectivity index (χ1n) is 19.4. The van der Waals surface area contributed by atoms with Crippen molar-refractivity contribution in [3.05, 3.63) is 152 Å². The van der Waals surface area contributed by atoms with Crippen LogP contribution in [0.1, 0.15) is 8.22 Å². The van der Waals surface area contributed by atoms with Gasteiger partial charge in [-0.3, -0.25) is 0 Å². The maximum Gasteiger partial charge on any atom is 0.164 e. The van der Waals surface area contributed by atoms with E-state index in [2.05, 4.69) is 18.2 Å². The zero-order valence-corrected chi connectivity index (χ0v) is 28.2. The van der Waals surface area contributed by atoms with Crippen molar-refractivity contribution >= 4 is 85.0 Å². The highest BCUT2D eigenvalue weighted by atomic mass is 32.1. The van der Waals surface area contributed by atoms with Gasteiger partial charge in [-0.2, -0.15) is 0 Å². The third-order valence-electron chi connectivity index (χ3n) is 9.26. The molecule has 4 heterocycles. The molecule has 0 radical (unpaired) electrons. The lowest BCUT2D eigenvalue weighted by Gasteiger charge is -2.09. The van der Waals surface area contributed by atoms with E-state index in [-0.39, 0.29) is 58.4 Å². The molecule has 0 atom stereocenters. The van der Waals surface area contributed by atoms with Gasteiger partial charge in [0.05, 0.1) is 8.22 Å². The number of para-hydroxylation sites is 1. The van der Waals surface area contributed by atoms with Gasteiger partial charge in [0.25, 0.3) is 0 Å². The Morgan fingerprint density at radius 3 is 2.16 bits per heavy atom. The number of furan rings is 1. The normalized spacial score (nSPS) is 13.6.